The third-order valence-electron chi connectivity index (χ3n) is 4.51. The van der Waals surface area contributed by atoms with Crippen molar-refractivity contribution in [3.63, 3.8) is 0 Å². The number of rotatable bonds is 9. The molecule has 1 N–H and O–H groups in total. The Morgan fingerprint density at radius 2 is 1.94 bits per heavy atom. The highest BCUT2D eigenvalue weighted by atomic mass is 32.1. The van der Waals surface area contributed by atoms with E-state index in [1.165, 1.54) is 42.3 Å². The Balaban J connectivity index is 1.77. The number of hydrogen-bond donors (Lipinski definition) is 1. The minimum atomic E-state index is -0.719. The van der Waals surface area contributed by atoms with E-state index in [-0.39, 0.29) is 45.9 Å². The number of ether oxygens (including phenoxy) is 3. The summed E-state index contributed by atoms with van der Waals surface area (Å²) in [5.74, 6) is -1.93. The van der Waals surface area contributed by atoms with Crippen molar-refractivity contribution in [1.82, 2.24) is 9.78 Å². The van der Waals surface area contributed by atoms with Crippen molar-refractivity contribution in [2.75, 3.05) is 19.0 Å². The number of anilines is 1. The number of aromatic nitrogens is 2. The van der Waals surface area contributed by atoms with Gasteiger partial charge < -0.3 is 19.5 Å². The van der Waals surface area contributed by atoms with Gasteiger partial charge in [-0.05, 0) is 31.5 Å². The maximum absolute atomic E-state index is 12.7. The molecule has 34 heavy (non-hydrogen) atoms. The molecule has 0 unspecified atom stereocenters. The second-order valence-electron chi connectivity index (χ2n) is 6.67. The van der Waals surface area contributed by atoms with Crippen LogP contribution in [0.1, 0.15) is 43.0 Å². The Kier molecular flexibility index (Phi) is 7.58. The molecule has 0 aliphatic heterocycles. The summed E-state index contributed by atoms with van der Waals surface area (Å²) in [6.45, 7) is 3.17. The van der Waals surface area contributed by atoms with E-state index in [2.05, 4.69) is 10.4 Å². The van der Waals surface area contributed by atoms with E-state index in [0.717, 1.165) is 11.3 Å². The number of hydrogen-bond acceptors (Lipinski definition) is 10. The van der Waals surface area contributed by atoms with Gasteiger partial charge in [-0.25, -0.2) is 14.3 Å². The van der Waals surface area contributed by atoms with Crippen LogP contribution in [-0.4, -0.2) is 46.3 Å². The molecule has 0 saturated carbocycles. The SMILES string of the molecule is CCOC(=O)c1sc(NC(=O)c2ccn(COc3ccccc3[N+](=O)[O-])n2)c(C(=O)OC)c1C. The molecule has 12 nitrogen and oxygen atoms in total. The van der Waals surface area contributed by atoms with Crippen LogP contribution >= 0.6 is 11.3 Å². The number of esters is 2. The summed E-state index contributed by atoms with van der Waals surface area (Å²) in [7, 11) is 1.19. The highest BCUT2D eigenvalue weighted by Crippen LogP contribution is 2.34. The van der Waals surface area contributed by atoms with Crippen LogP contribution < -0.4 is 10.1 Å². The monoisotopic (exact) mass is 488 g/mol. The van der Waals surface area contributed by atoms with Crippen molar-refractivity contribution in [1.29, 1.82) is 0 Å². The Bertz CT molecular complexity index is 1250. The summed E-state index contributed by atoms with van der Waals surface area (Å²) in [5.41, 5.74) is 0.163. The van der Waals surface area contributed by atoms with Crippen LogP contribution in [0, 0.1) is 17.0 Å². The summed E-state index contributed by atoms with van der Waals surface area (Å²) >= 11 is 0.889. The highest BCUT2D eigenvalue weighted by molar-refractivity contribution is 7.18. The molecule has 0 radical (unpaired) electrons. The van der Waals surface area contributed by atoms with E-state index < -0.39 is 22.8 Å². The van der Waals surface area contributed by atoms with Gasteiger partial charge in [-0.1, -0.05) is 12.1 Å². The quantitative estimate of drug-likeness (QED) is 0.271. The van der Waals surface area contributed by atoms with E-state index in [9.17, 15) is 24.5 Å². The van der Waals surface area contributed by atoms with Crippen molar-refractivity contribution in [2.24, 2.45) is 0 Å². The molecule has 1 amide bonds. The fourth-order valence-corrected chi connectivity index (χ4v) is 4.01. The molecule has 0 aliphatic carbocycles. The maximum Gasteiger partial charge on any atom is 0.348 e. The van der Waals surface area contributed by atoms with Crippen molar-refractivity contribution in [3.05, 3.63) is 68.3 Å². The van der Waals surface area contributed by atoms with Crippen molar-refractivity contribution in [3.8, 4) is 5.75 Å². The molecule has 178 valence electrons. The highest BCUT2D eigenvalue weighted by Gasteiger charge is 2.27. The lowest BCUT2D eigenvalue weighted by Crippen LogP contribution is -2.16. The number of nitrogens with one attached hydrogen (secondary N) is 1. The number of nitrogens with zero attached hydrogens (tertiary/aromatic N) is 3. The lowest BCUT2D eigenvalue weighted by atomic mass is 10.1. The average molecular weight is 488 g/mol. The topological polar surface area (TPSA) is 152 Å². The number of nitro groups is 1. The largest absolute Gasteiger partial charge is 0.465 e. The van der Waals surface area contributed by atoms with E-state index in [4.69, 9.17) is 14.2 Å². The molecule has 3 aromatic rings. The van der Waals surface area contributed by atoms with Gasteiger partial charge in [-0.3, -0.25) is 14.9 Å². The molecular formula is C21H20N4O8S. The predicted octanol–water partition coefficient (Wildman–Crippen LogP) is 3.41. The molecule has 0 fully saturated rings. The average Bonchev–Trinajstić information content (AvgIpc) is 3.42. The molecule has 0 spiro atoms. The summed E-state index contributed by atoms with van der Waals surface area (Å²) in [5, 5.41) is 17.9. The van der Waals surface area contributed by atoms with Crippen LogP contribution in [-0.2, 0) is 16.2 Å². The smallest absolute Gasteiger partial charge is 0.348 e. The number of carbonyl (C=O) groups is 3. The van der Waals surface area contributed by atoms with Crippen LogP contribution in [0.3, 0.4) is 0 Å². The third-order valence-corrected chi connectivity index (χ3v) is 5.70. The number of carbonyl (C=O) groups excluding carboxylic acids is 3. The van der Waals surface area contributed by atoms with Gasteiger partial charge in [0.2, 0.25) is 0 Å². The molecule has 2 aromatic heterocycles. The number of methoxy groups -OCH3 is 1. The first kappa shape index (κ1) is 24.4. The van der Waals surface area contributed by atoms with Crippen molar-refractivity contribution < 1.29 is 33.5 Å². The van der Waals surface area contributed by atoms with E-state index in [0.29, 0.717) is 5.56 Å². The van der Waals surface area contributed by atoms with E-state index in [1.807, 2.05) is 0 Å². The van der Waals surface area contributed by atoms with Crippen LogP contribution in [0.4, 0.5) is 10.7 Å². The maximum atomic E-state index is 12.7. The van der Waals surface area contributed by atoms with Crippen molar-refractivity contribution in [2.45, 2.75) is 20.6 Å². The second-order valence-corrected chi connectivity index (χ2v) is 7.69. The first-order valence-corrected chi connectivity index (χ1v) is 10.7. The zero-order chi connectivity index (χ0) is 24.8. The molecule has 2 heterocycles. The molecule has 0 aliphatic rings. The first-order chi connectivity index (χ1) is 16.3. The first-order valence-electron chi connectivity index (χ1n) is 9.86. The van der Waals surface area contributed by atoms with Gasteiger partial charge >= 0.3 is 17.6 Å². The summed E-state index contributed by atoms with van der Waals surface area (Å²) in [4.78, 5) is 47.9. The molecule has 13 heteroatoms. The lowest BCUT2D eigenvalue weighted by molar-refractivity contribution is -0.386. The summed E-state index contributed by atoms with van der Waals surface area (Å²) in [6, 6.07) is 7.27. The number of para-hydroxylation sites is 2. The zero-order valence-corrected chi connectivity index (χ0v) is 19.2. The van der Waals surface area contributed by atoms with Crippen LogP contribution in [0.25, 0.3) is 0 Å². The van der Waals surface area contributed by atoms with Gasteiger partial charge in [-0.2, -0.15) is 5.10 Å². The molecular weight excluding hydrogens is 468 g/mol. The van der Waals surface area contributed by atoms with Gasteiger partial charge in [0.25, 0.3) is 5.91 Å². The van der Waals surface area contributed by atoms with Gasteiger partial charge in [0.15, 0.2) is 18.2 Å². The Morgan fingerprint density at radius 3 is 2.62 bits per heavy atom. The zero-order valence-electron chi connectivity index (χ0n) is 18.4. The van der Waals surface area contributed by atoms with Crippen molar-refractivity contribution >= 4 is 39.9 Å². The lowest BCUT2D eigenvalue weighted by Gasteiger charge is -2.06. The van der Waals surface area contributed by atoms with Gasteiger partial charge in [0, 0.05) is 12.3 Å². The summed E-state index contributed by atoms with van der Waals surface area (Å²) < 4.78 is 16.5. The van der Waals surface area contributed by atoms with Crippen LogP contribution in [0.2, 0.25) is 0 Å². The Labute approximate surface area is 197 Å². The molecule has 0 bridgehead atoms. The molecule has 3 rings (SSSR count). The minimum Gasteiger partial charge on any atom is -0.465 e. The van der Waals surface area contributed by atoms with E-state index in [1.54, 1.807) is 19.9 Å². The normalized spacial score (nSPS) is 10.4. The number of amides is 1. The van der Waals surface area contributed by atoms with E-state index >= 15 is 0 Å². The molecule has 0 saturated heterocycles. The van der Waals surface area contributed by atoms with Gasteiger partial charge in [0.1, 0.15) is 9.88 Å². The van der Waals surface area contributed by atoms with Crippen LogP contribution in [0.5, 0.6) is 5.75 Å². The predicted molar refractivity (Wildman–Crippen MR) is 120 cm³/mol. The number of thiophene rings is 1. The van der Waals surface area contributed by atoms with Crippen LogP contribution in [0.15, 0.2) is 36.5 Å². The van der Waals surface area contributed by atoms with Gasteiger partial charge in [-0.15, -0.1) is 11.3 Å². The second kappa shape index (κ2) is 10.6. The molecule has 0 atom stereocenters. The minimum absolute atomic E-state index is 0.00860. The molecule has 1 aromatic carbocycles. The fourth-order valence-electron chi connectivity index (χ4n) is 2.93. The number of nitro benzene ring substituents is 1. The summed E-state index contributed by atoms with van der Waals surface area (Å²) in [6.07, 6.45) is 1.45. The van der Waals surface area contributed by atoms with Gasteiger partial charge in [0.05, 0.1) is 24.2 Å². The Hall–Kier alpha value is -4.26. The third kappa shape index (κ3) is 5.20. The fraction of sp³-hybridized carbons (Fsp3) is 0.238. The standard InChI is InChI=1S/C21H20N4O8S/c1-4-32-21(28)17-12(2)16(20(27)31-3)19(34-17)22-18(26)13-9-10-24(23-13)11-33-15-8-6-5-7-14(15)25(29)30/h5-10H,4,11H2,1-3H3,(H,22,26). The number of benzene rings is 1. The Morgan fingerprint density at radius 1 is 1.21 bits per heavy atom.